The van der Waals surface area contributed by atoms with Gasteiger partial charge in [-0.05, 0) is 13.8 Å². The van der Waals surface area contributed by atoms with Crippen LogP contribution in [-0.4, -0.2) is 26.8 Å². The number of hydrogen-bond acceptors (Lipinski definition) is 6. The van der Waals surface area contributed by atoms with Gasteiger partial charge in [-0.15, -0.1) is 0 Å². The van der Waals surface area contributed by atoms with Crippen LogP contribution >= 0.6 is 90.4 Å². The van der Waals surface area contributed by atoms with Gasteiger partial charge in [-0.2, -0.15) is 0 Å². The van der Waals surface area contributed by atoms with Crippen LogP contribution in [0.2, 0.25) is 0 Å². The molecular formula is C32H30I5O6-. The quantitative estimate of drug-likeness (QED) is 0.0765. The molecule has 0 N–H and O–H groups in total. The Morgan fingerprint density at radius 3 is 1.30 bits per heavy atom. The molecule has 0 radical (unpaired) electrons. The first-order chi connectivity index (χ1) is 20.9. The molecule has 43 heavy (non-hydrogen) atoms. The summed E-state index contributed by atoms with van der Waals surface area (Å²) in [5, 5.41) is 0. The molecule has 0 saturated heterocycles. The van der Waals surface area contributed by atoms with Crippen molar-refractivity contribution in [3.05, 3.63) is 105 Å². The second-order valence-corrected chi connectivity index (χ2v) is 16.7. The van der Waals surface area contributed by atoms with E-state index < -0.39 is 0 Å². The third-order valence-electron chi connectivity index (χ3n) is 5.79. The predicted octanol–water partition coefficient (Wildman–Crippen LogP) is 6.14. The molecule has 0 aliphatic heterocycles. The summed E-state index contributed by atoms with van der Waals surface area (Å²) in [6.45, 7) is 6.42. The zero-order valence-corrected chi connectivity index (χ0v) is 34.3. The summed E-state index contributed by atoms with van der Waals surface area (Å²) in [6.07, 6.45) is 0. The van der Waals surface area contributed by atoms with Gasteiger partial charge in [0.1, 0.15) is 0 Å². The van der Waals surface area contributed by atoms with Gasteiger partial charge in [0.05, 0.1) is 0 Å². The molecule has 0 aliphatic rings. The van der Waals surface area contributed by atoms with Crippen molar-refractivity contribution in [3.8, 4) is 23.0 Å². The van der Waals surface area contributed by atoms with Crippen molar-refractivity contribution < 1.29 is 49.6 Å². The molecule has 0 atom stereocenters. The first-order valence-electron chi connectivity index (χ1n) is 13.3. The third-order valence-corrected chi connectivity index (χ3v) is 11.3. The average Bonchev–Trinajstić information content (AvgIpc) is 2.99. The van der Waals surface area contributed by atoms with Crippen molar-refractivity contribution in [1.29, 1.82) is 0 Å². The SMILES string of the molecule is CCOCOc1c(I)cc(I)cc1COc1ccc([I-]c2ccc(OCc3cc(I)cc(I)c3OCOCC)cc2)cc1. The maximum absolute atomic E-state index is 6.14. The molecule has 0 aliphatic carbocycles. The van der Waals surface area contributed by atoms with Crippen LogP contribution in [0, 0.1) is 21.4 Å². The fourth-order valence-electron chi connectivity index (χ4n) is 3.77. The second kappa shape index (κ2) is 18.7. The van der Waals surface area contributed by atoms with Crippen LogP contribution in [0.4, 0.5) is 0 Å². The third kappa shape index (κ3) is 11.4. The van der Waals surface area contributed by atoms with Gasteiger partial charge in [-0.3, -0.25) is 0 Å². The predicted molar refractivity (Wildman–Crippen MR) is 197 cm³/mol. The van der Waals surface area contributed by atoms with Gasteiger partial charge in [-0.25, -0.2) is 0 Å². The summed E-state index contributed by atoms with van der Waals surface area (Å²) in [5.41, 5.74) is 2.00. The molecule has 11 heteroatoms. The van der Waals surface area contributed by atoms with Crippen LogP contribution in [0.5, 0.6) is 23.0 Å². The van der Waals surface area contributed by atoms with Gasteiger partial charge in [-0.1, -0.05) is 0 Å². The number of rotatable bonds is 16. The van der Waals surface area contributed by atoms with Crippen molar-refractivity contribution in [1.82, 2.24) is 0 Å². The van der Waals surface area contributed by atoms with E-state index in [1.165, 1.54) is 7.14 Å². The zero-order chi connectivity index (χ0) is 30.6. The van der Waals surface area contributed by atoms with E-state index in [2.05, 4.69) is 139 Å². The van der Waals surface area contributed by atoms with Crippen molar-refractivity contribution in [2.75, 3.05) is 26.8 Å². The van der Waals surface area contributed by atoms with Gasteiger partial charge in [0, 0.05) is 0 Å². The van der Waals surface area contributed by atoms with Crippen molar-refractivity contribution >= 4 is 90.4 Å². The Morgan fingerprint density at radius 2 is 0.930 bits per heavy atom. The standard InChI is InChI=1S/C32H30I5O6/c1-3-38-19-42-31-21(13-23(33)15-29(31)35)17-40-27-9-5-25(6-10-27)37-26-7-11-28(12-8-26)41-18-22-14-24(34)16-30(36)32(22)43-20-39-4-2/h5-16H,3-4,17-20H2,1-2H3/q-1. The van der Waals surface area contributed by atoms with Gasteiger partial charge in [0.15, 0.2) is 0 Å². The second-order valence-electron chi connectivity index (χ2n) is 8.84. The Balaban J connectivity index is 1.32. The van der Waals surface area contributed by atoms with E-state index in [4.69, 9.17) is 28.4 Å². The summed E-state index contributed by atoms with van der Waals surface area (Å²) in [6, 6.07) is 25.1. The first-order valence-corrected chi connectivity index (χ1v) is 19.8. The summed E-state index contributed by atoms with van der Waals surface area (Å²) in [5.74, 6) is 3.29. The maximum atomic E-state index is 6.14. The molecule has 0 unspecified atom stereocenters. The van der Waals surface area contributed by atoms with Crippen molar-refractivity contribution in [2.24, 2.45) is 0 Å². The first kappa shape index (κ1) is 35.5. The van der Waals surface area contributed by atoms with E-state index in [-0.39, 0.29) is 34.8 Å². The number of halogens is 5. The molecule has 0 spiro atoms. The van der Waals surface area contributed by atoms with Gasteiger partial charge >= 0.3 is 308 Å². The van der Waals surface area contributed by atoms with Crippen LogP contribution in [0.15, 0.2) is 72.8 Å². The summed E-state index contributed by atoms with van der Waals surface area (Å²) in [4.78, 5) is 0. The molecule has 0 aromatic heterocycles. The molecule has 0 amide bonds. The number of ether oxygens (including phenoxy) is 6. The Labute approximate surface area is 318 Å². The summed E-state index contributed by atoms with van der Waals surface area (Å²) in [7, 11) is 0. The number of benzene rings is 4. The van der Waals surface area contributed by atoms with Crippen molar-refractivity contribution in [2.45, 2.75) is 27.1 Å². The molecule has 4 aromatic rings. The molecular weight excluding hydrogens is 1110 g/mol. The molecule has 4 aromatic carbocycles. The summed E-state index contributed by atoms with van der Waals surface area (Å²) >= 11 is 8.89. The van der Waals surface area contributed by atoms with Crippen LogP contribution in [0.3, 0.4) is 0 Å². The van der Waals surface area contributed by atoms with Gasteiger partial charge < -0.3 is 0 Å². The van der Waals surface area contributed by atoms with Crippen LogP contribution in [-0.2, 0) is 22.7 Å². The van der Waals surface area contributed by atoms with Crippen LogP contribution in [0.1, 0.15) is 25.0 Å². The molecule has 0 bridgehead atoms. The average molecular weight is 1150 g/mol. The molecule has 230 valence electrons. The van der Waals surface area contributed by atoms with Gasteiger partial charge in [0.25, 0.3) is 0 Å². The Hall–Kier alpha value is -0.350. The number of hydrogen-bond donors (Lipinski definition) is 0. The summed E-state index contributed by atoms with van der Waals surface area (Å²) < 4.78 is 41.8. The van der Waals surface area contributed by atoms with Crippen LogP contribution in [0.25, 0.3) is 0 Å². The van der Waals surface area contributed by atoms with E-state index in [1.54, 1.807) is 0 Å². The fourth-order valence-corrected chi connectivity index (χ4v) is 10.2. The minimum atomic E-state index is -0.335. The topological polar surface area (TPSA) is 55.4 Å². The zero-order valence-electron chi connectivity index (χ0n) is 23.5. The fraction of sp³-hybridized carbons (Fsp3) is 0.250. The molecule has 0 saturated carbocycles. The van der Waals surface area contributed by atoms with Gasteiger partial charge in [0.2, 0.25) is 0 Å². The van der Waals surface area contributed by atoms with E-state index >= 15 is 0 Å². The van der Waals surface area contributed by atoms with E-state index in [0.717, 1.165) is 48.4 Å². The molecule has 0 heterocycles. The normalized spacial score (nSPS) is 11.0. The Kier molecular flexibility index (Phi) is 15.4. The minimum absolute atomic E-state index is 0.224. The van der Waals surface area contributed by atoms with Crippen molar-refractivity contribution in [3.63, 3.8) is 0 Å². The van der Waals surface area contributed by atoms with Crippen LogP contribution < -0.4 is 40.2 Å². The van der Waals surface area contributed by atoms with E-state index in [9.17, 15) is 0 Å². The molecule has 4 rings (SSSR count). The Morgan fingerprint density at radius 1 is 0.535 bits per heavy atom. The monoisotopic (exact) mass is 1140 g/mol. The molecule has 6 nitrogen and oxygen atoms in total. The van der Waals surface area contributed by atoms with E-state index in [1.807, 2.05) is 38.1 Å². The molecule has 0 fully saturated rings. The Bertz CT molecular complexity index is 1350. The van der Waals surface area contributed by atoms with E-state index in [0.29, 0.717) is 26.4 Å².